The lowest BCUT2D eigenvalue weighted by Crippen LogP contribution is -2.18. The third kappa shape index (κ3) is 2.18. The first-order valence-corrected chi connectivity index (χ1v) is 4.19. The number of hydrogen-bond acceptors (Lipinski definition) is 4. The summed E-state index contributed by atoms with van der Waals surface area (Å²) in [5.41, 5.74) is -1.89. The smallest absolute Gasteiger partial charge is 0.354 e. The fourth-order valence-corrected chi connectivity index (χ4v) is 1.16. The Morgan fingerprint density at radius 1 is 1.44 bits per heavy atom. The number of alkyl halides is 2. The molecule has 0 aliphatic carbocycles. The molecular formula is C9H9F2NO4. The lowest BCUT2D eigenvalue weighted by Gasteiger charge is -2.08. The number of ether oxygens (including phenoxy) is 2. The molecule has 0 saturated carbocycles. The van der Waals surface area contributed by atoms with Gasteiger partial charge in [-0.2, -0.15) is 0 Å². The van der Waals surface area contributed by atoms with Crippen LogP contribution in [0, 0.1) is 0 Å². The molecule has 0 aromatic carbocycles. The van der Waals surface area contributed by atoms with Gasteiger partial charge in [-0.1, -0.05) is 0 Å². The maximum Gasteiger partial charge on any atom is 0.354 e. The standard InChI is InChI=1S/C9H9F2NO4/c1-15-6-4(7(10)11)3-5(9(14)16-2)12-8(6)13/h3,7H,1-2H3,(H,12,13). The van der Waals surface area contributed by atoms with Gasteiger partial charge in [-0.25, -0.2) is 13.6 Å². The van der Waals surface area contributed by atoms with Crippen LogP contribution in [0.3, 0.4) is 0 Å². The van der Waals surface area contributed by atoms with Crippen LogP contribution in [0.4, 0.5) is 8.78 Å². The molecule has 0 spiro atoms. The molecule has 0 aliphatic heterocycles. The second kappa shape index (κ2) is 4.73. The highest BCUT2D eigenvalue weighted by Crippen LogP contribution is 2.25. The van der Waals surface area contributed by atoms with Crippen molar-refractivity contribution in [1.82, 2.24) is 4.98 Å². The summed E-state index contributed by atoms with van der Waals surface area (Å²) in [6, 6.07) is 0.830. The number of rotatable bonds is 3. The number of nitrogens with one attached hydrogen (secondary N) is 1. The molecule has 0 radical (unpaired) electrons. The number of methoxy groups -OCH3 is 2. The molecule has 0 fully saturated rings. The maximum atomic E-state index is 12.6. The molecule has 1 aromatic heterocycles. The van der Waals surface area contributed by atoms with Crippen molar-refractivity contribution < 1.29 is 23.0 Å². The van der Waals surface area contributed by atoms with Crippen molar-refractivity contribution in [2.75, 3.05) is 14.2 Å². The maximum absolute atomic E-state index is 12.6. The zero-order valence-electron chi connectivity index (χ0n) is 8.54. The first kappa shape index (κ1) is 12.2. The highest BCUT2D eigenvalue weighted by Gasteiger charge is 2.20. The van der Waals surface area contributed by atoms with Gasteiger partial charge in [0, 0.05) is 0 Å². The van der Waals surface area contributed by atoms with Crippen LogP contribution in [-0.4, -0.2) is 25.2 Å². The highest BCUT2D eigenvalue weighted by molar-refractivity contribution is 5.87. The van der Waals surface area contributed by atoms with E-state index in [0.29, 0.717) is 0 Å². The van der Waals surface area contributed by atoms with E-state index in [1.807, 2.05) is 0 Å². The van der Waals surface area contributed by atoms with E-state index >= 15 is 0 Å². The molecule has 7 heteroatoms. The summed E-state index contributed by atoms with van der Waals surface area (Å²) in [4.78, 5) is 24.4. The average Bonchev–Trinajstić information content (AvgIpc) is 2.26. The zero-order valence-corrected chi connectivity index (χ0v) is 8.54. The number of aromatic amines is 1. The number of halogens is 2. The molecule has 0 bridgehead atoms. The van der Waals surface area contributed by atoms with Crippen LogP contribution < -0.4 is 10.3 Å². The largest absolute Gasteiger partial charge is 0.491 e. The van der Waals surface area contributed by atoms with Crippen LogP contribution in [0.1, 0.15) is 22.5 Å². The predicted molar refractivity (Wildman–Crippen MR) is 49.9 cm³/mol. The van der Waals surface area contributed by atoms with E-state index in [1.54, 1.807) is 0 Å². The van der Waals surface area contributed by atoms with E-state index in [0.717, 1.165) is 20.3 Å². The van der Waals surface area contributed by atoms with Crippen molar-refractivity contribution in [2.24, 2.45) is 0 Å². The van der Waals surface area contributed by atoms with Crippen LogP contribution in [0.15, 0.2) is 10.9 Å². The van der Waals surface area contributed by atoms with Gasteiger partial charge in [-0.15, -0.1) is 0 Å². The van der Waals surface area contributed by atoms with Gasteiger partial charge in [0.15, 0.2) is 5.75 Å². The first-order valence-electron chi connectivity index (χ1n) is 4.19. The quantitative estimate of drug-likeness (QED) is 0.794. The molecule has 1 N–H and O–H groups in total. The van der Waals surface area contributed by atoms with E-state index in [1.165, 1.54) is 0 Å². The Labute approximate surface area is 89.0 Å². The average molecular weight is 233 g/mol. The molecule has 88 valence electrons. The number of carbonyl (C=O) groups is 1. The molecule has 5 nitrogen and oxygen atoms in total. The van der Waals surface area contributed by atoms with Crippen LogP contribution in [0.2, 0.25) is 0 Å². The molecule has 1 heterocycles. The van der Waals surface area contributed by atoms with Crippen molar-refractivity contribution in [3.63, 3.8) is 0 Å². The summed E-state index contributed by atoms with van der Waals surface area (Å²) in [6.07, 6.45) is -2.92. The van der Waals surface area contributed by atoms with E-state index in [4.69, 9.17) is 0 Å². The molecule has 0 atom stereocenters. The van der Waals surface area contributed by atoms with Gasteiger partial charge in [0.1, 0.15) is 5.69 Å². The van der Waals surface area contributed by atoms with Crippen LogP contribution in [0.5, 0.6) is 5.75 Å². The van der Waals surface area contributed by atoms with E-state index in [9.17, 15) is 18.4 Å². The number of H-pyrrole nitrogens is 1. The molecule has 0 aliphatic rings. The zero-order chi connectivity index (χ0) is 12.3. The molecule has 0 saturated heterocycles. The molecular weight excluding hydrogens is 224 g/mol. The van der Waals surface area contributed by atoms with Gasteiger partial charge in [0.25, 0.3) is 12.0 Å². The summed E-state index contributed by atoms with van der Waals surface area (Å²) in [5.74, 6) is -1.41. The number of carbonyl (C=O) groups excluding carboxylic acids is 1. The third-order valence-electron chi connectivity index (χ3n) is 1.86. The monoisotopic (exact) mass is 233 g/mol. The van der Waals surface area contributed by atoms with Crippen molar-refractivity contribution in [3.8, 4) is 5.75 Å². The summed E-state index contributed by atoms with van der Waals surface area (Å²) in [6.45, 7) is 0. The Morgan fingerprint density at radius 2 is 2.06 bits per heavy atom. The third-order valence-corrected chi connectivity index (χ3v) is 1.86. The predicted octanol–water partition coefficient (Wildman–Crippen LogP) is 1.11. The Balaban J connectivity index is 3.40. The van der Waals surface area contributed by atoms with Gasteiger partial charge >= 0.3 is 5.97 Å². The van der Waals surface area contributed by atoms with E-state index in [2.05, 4.69) is 14.5 Å². The highest BCUT2D eigenvalue weighted by atomic mass is 19.3. The Kier molecular flexibility index (Phi) is 3.60. The number of hydrogen-bond donors (Lipinski definition) is 1. The Morgan fingerprint density at radius 3 is 2.50 bits per heavy atom. The van der Waals surface area contributed by atoms with Crippen molar-refractivity contribution in [2.45, 2.75) is 6.43 Å². The van der Waals surface area contributed by atoms with Crippen molar-refractivity contribution in [1.29, 1.82) is 0 Å². The van der Waals surface area contributed by atoms with Crippen molar-refractivity contribution in [3.05, 3.63) is 27.7 Å². The molecule has 0 amide bonds. The van der Waals surface area contributed by atoms with Gasteiger partial charge in [-0.3, -0.25) is 4.79 Å². The molecule has 16 heavy (non-hydrogen) atoms. The number of aromatic nitrogens is 1. The van der Waals surface area contributed by atoms with Gasteiger partial charge < -0.3 is 14.5 Å². The van der Waals surface area contributed by atoms with Crippen LogP contribution in [-0.2, 0) is 4.74 Å². The normalized spacial score (nSPS) is 10.3. The second-order valence-corrected chi connectivity index (χ2v) is 2.79. The second-order valence-electron chi connectivity index (χ2n) is 2.79. The first-order chi connectivity index (χ1) is 7.51. The van der Waals surface area contributed by atoms with Gasteiger partial charge in [0.2, 0.25) is 0 Å². The summed E-state index contributed by atoms with van der Waals surface area (Å²) >= 11 is 0. The topological polar surface area (TPSA) is 68.4 Å². The summed E-state index contributed by atoms with van der Waals surface area (Å²) in [5, 5.41) is 0. The van der Waals surface area contributed by atoms with E-state index < -0.39 is 29.3 Å². The number of pyridine rings is 1. The van der Waals surface area contributed by atoms with Crippen molar-refractivity contribution >= 4 is 5.97 Å². The summed E-state index contributed by atoms with van der Waals surface area (Å²) < 4.78 is 33.9. The minimum atomic E-state index is -2.92. The molecule has 0 unspecified atom stereocenters. The number of esters is 1. The fraction of sp³-hybridized carbons (Fsp3) is 0.333. The lowest BCUT2D eigenvalue weighted by atomic mass is 10.2. The van der Waals surface area contributed by atoms with Gasteiger partial charge in [0.05, 0.1) is 19.8 Å². The minimum absolute atomic E-state index is 0.344. The fourth-order valence-electron chi connectivity index (χ4n) is 1.16. The summed E-state index contributed by atoms with van der Waals surface area (Å²) in [7, 11) is 2.17. The minimum Gasteiger partial charge on any atom is -0.491 e. The van der Waals surface area contributed by atoms with Crippen LogP contribution in [0.25, 0.3) is 0 Å². The van der Waals surface area contributed by atoms with Crippen LogP contribution >= 0.6 is 0 Å². The Bertz CT molecular complexity index is 455. The Hall–Kier alpha value is -1.92. The van der Waals surface area contributed by atoms with E-state index in [-0.39, 0.29) is 5.69 Å². The lowest BCUT2D eigenvalue weighted by molar-refractivity contribution is 0.0593. The molecule has 1 rings (SSSR count). The molecule has 1 aromatic rings. The SMILES string of the molecule is COC(=O)c1cc(C(F)F)c(OC)c(=O)[nH]1. The van der Waals surface area contributed by atoms with Gasteiger partial charge in [-0.05, 0) is 6.07 Å².